The van der Waals surface area contributed by atoms with E-state index in [9.17, 15) is 0 Å². The predicted molar refractivity (Wildman–Crippen MR) is 75.1 cm³/mol. The van der Waals surface area contributed by atoms with E-state index in [4.69, 9.17) is 24.9 Å². The van der Waals surface area contributed by atoms with Gasteiger partial charge in [-0.05, 0) is 28.4 Å². The van der Waals surface area contributed by atoms with Gasteiger partial charge in [0.1, 0.15) is 6.61 Å². The van der Waals surface area contributed by atoms with Gasteiger partial charge in [0, 0.05) is 22.9 Å². The molecule has 0 heterocycles. The summed E-state index contributed by atoms with van der Waals surface area (Å²) in [6.07, 6.45) is 0. The first-order valence-electron chi connectivity index (χ1n) is 5.00. The molecule has 1 aromatic carbocycles. The largest absolute Gasteiger partial charge is 0.493 e. The highest BCUT2D eigenvalue weighted by Gasteiger charge is 2.05. The summed E-state index contributed by atoms with van der Waals surface area (Å²) >= 11 is 0. The number of hydrogen-bond donors (Lipinski definition) is 0. The van der Waals surface area contributed by atoms with Gasteiger partial charge in [0.2, 0.25) is 0 Å². The Hall–Kier alpha value is -0.230. The van der Waals surface area contributed by atoms with Gasteiger partial charge in [0.15, 0.2) is 11.5 Å². The van der Waals surface area contributed by atoms with Crippen LogP contribution in [0.2, 0.25) is 0 Å². The standard InChI is InChI=1S/C11H15ClO3S2/c1-13-5-6-15-10-4-3-9(8-16-17-12)7-11(10)14-2/h3-4,7H,5-6,8H2,1-2H3. The van der Waals surface area contributed by atoms with E-state index >= 15 is 0 Å². The second-order valence-corrected chi connectivity index (χ2v) is 6.02. The van der Waals surface area contributed by atoms with Crippen molar-refractivity contribution in [2.24, 2.45) is 0 Å². The smallest absolute Gasteiger partial charge is 0.161 e. The van der Waals surface area contributed by atoms with Gasteiger partial charge in [-0.2, -0.15) is 0 Å². The molecule has 0 aliphatic rings. The number of halogens is 1. The highest BCUT2D eigenvalue weighted by atomic mass is 35.7. The zero-order valence-electron chi connectivity index (χ0n) is 9.77. The van der Waals surface area contributed by atoms with Crippen molar-refractivity contribution in [1.29, 1.82) is 0 Å². The van der Waals surface area contributed by atoms with Gasteiger partial charge >= 0.3 is 0 Å². The van der Waals surface area contributed by atoms with Crippen LogP contribution in [0.1, 0.15) is 5.56 Å². The second kappa shape index (κ2) is 8.80. The van der Waals surface area contributed by atoms with Crippen LogP contribution in [0.15, 0.2) is 18.2 Å². The van der Waals surface area contributed by atoms with Crippen molar-refractivity contribution in [1.82, 2.24) is 0 Å². The number of methoxy groups -OCH3 is 2. The summed E-state index contributed by atoms with van der Waals surface area (Å²) in [6, 6.07) is 5.87. The van der Waals surface area contributed by atoms with E-state index in [1.165, 1.54) is 10.0 Å². The zero-order valence-corrected chi connectivity index (χ0v) is 12.2. The maximum absolute atomic E-state index is 5.55. The number of hydrogen-bond acceptors (Lipinski definition) is 5. The van der Waals surface area contributed by atoms with Crippen LogP contribution in [0.25, 0.3) is 0 Å². The molecule has 0 atom stereocenters. The Morgan fingerprint density at radius 2 is 2.00 bits per heavy atom. The molecule has 17 heavy (non-hydrogen) atoms. The van der Waals surface area contributed by atoms with E-state index in [1.807, 2.05) is 18.2 Å². The van der Waals surface area contributed by atoms with Crippen LogP contribution in [0.3, 0.4) is 0 Å². The van der Waals surface area contributed by atoms with Crippen LogP contribution in [0.5, 0.6) is 11.5 Å². The molecule has 0 unspecified atom stereocenters. The minimum absolute atomic E-state index is 0.512. The topological polar surface area (TPSA) is 27.7 Å². The number of benzene rings is 1. The summed E-state index contributed by atoms with van der Waals surface area (Å²) in [4.78, 5) is 0. The predicted octanol–water partition coefficient (Wildman–Crippen LogP) is 3.76. The van der Waals surface area contributed by atoms with Crippen molar-refractivity contribution in [3.05, 3.63) is 23.8 Å². The molecule has 1 aromatic rings. The fraction of sp³-hybridized carbons (Fsp3) is 0.455. The van der Waals surface area contributed by atoms with Gasteiger partial charge in [-0.1, -0.05) is 16.9 Å². The molecule has 96 valence electrons. The monoisotopic (exact) mass is 294 g/mol. The Kier molecular flexibility index (Phi) is 7.68. The Balaban J connectivity index is 2.64. The first-order valence-corrected chi connectivity index (χ1v) is 8.15. The molecule has 0 saturated carbocycles. The second-order valence-electron chi connectivity index (χ2n) is 3.15. The maximum Gasteiger partial charge on any atom is 0.161 e. The normalized spacial score (nSPS) is 10.3. The Bertz CT molecular complexity index is 336. The zero-order chi connectivity index (χ0) is 12.5. The first-order chi connectivity index (χ1) is 8.31. The van der Waals surface area contributed by atoms with Crippen LogP contribution in [0, 0.1) is 0 Å². The maximum atomic E-state index is 5.55. The van der Waals surface area contributed by atoms with Crippen LogP contribution in [0.4, 0.5) is 0 Å². The van der Waals surface area contributed by atoms with Crippen LogP contribution in [-0.4, -0.2) is 27.4 Å². The molecule has 0 aliphatic carbocycles. The van der Waals surface area contributed by atoms with Crippen molar-refractivity contribution in [3.8, 4) is 11.5 Å². The molecule has 6 heteroatoms. The molecule has 0 fully saturated rings. The molecule has 1 rings (SSSR count). The molecule has 0 radical (unpaired) electrons. The van der Waals surface area contributed by atoms with Crippen molar-refractivity contribution in [2.75, 3.05) is 27.4 Å². The fourth-order valence-corrected chi connectivity index (χ4v) is 2.55. The van der Waals surface area contributed by atoms with Crippen molar-refractivity contribution in [2.45, 2.75) is 5.75 Å². The average molecular weight is 295 g/mol. The quantitative estimate of drug-likeness (QED) is 0.538. The summed E-state index contributed by atoms with van der Waals surface area (Å²) in [7, 11) is 11.6. The molecular weight excluding hydrogens is 280 g/mol. The molecule has 0 aromatic heterocycles. The van der Waals surface area contributed by atoms with Gasteiger partial charge in [-0.15, -0.1) is 0 Å². The lowest BCUT2D eigenvalue weighted by atomic mass is 10.2. The summed E-state index contributed by atoms with van der Waals surface area (Å²) in [5.41, 5.74) is 1.15. The Labute approximate surface area is 114 Å². The minimum Gasteiger partial charge on any atom is -0.493 e. The van der Waals surface area contributed by atoms with E-state index in [0.717, 1.165) is 22.8 Å². The lowest BCUT2D eigenvalue weighted by molar-refractivity contribution is 0.144. The van der Waals surface area contributed by atoms with Crippen molar-refractivity contribution in [3.63, 3.8) is 0 Å². The molecule has 0 amide bonds. The van der Waals surface area contributed by atoms with Gasteiger partial charge in [-0.25, -0.2) is 0 Å². The third kappa shape index (κ3) is 5.29. The molecular formula is C11H15ClO3S2. The molecule has 0 saturated heterocycles. The Morgan fingerprint density at radius 3 is 2.65 bits per heavy atom. The summed E-state index contributed by atoms with van der Waals surface area (Å²) in [6.45, 7) is 1.07. The number of ether oxygens (including phenoxy) is 3. The van der Waals surface area contributed by atoms with Crippen molar-refractivity contribution < 1.29 is 14.2 Å². The van der Waals surface area contributed by atoms with Gasteiger partial charge < -0.3 is 14.2 Å². The fourth-order valence-electron chi connectivity index (χ4n) is 1.25. The van der Waals surface area contributed by atoms with Gasteiger partial charge in [0.05, 0.1) is 13.7 Å². The minimum atomic E-state index is 0.512. The van der Waals surface area contributed by atoms with Crippen LogP contribution in [-0.2, 0) is 10.5 Å². The lowest BCUT2D eigenvalue weighted by Gasteiger charge is -2.11. The third-order valence-corrected chi connectivity index (χ3v) is 4.01. The van der Waals surface area contributed by atoms with E-state index in [2.05, 4.69) is 0 Å². The first kappa shape index (κ1) is 14.8. The molecule has 0 N–H and O–H groups in total. The SMILES string of the molecule is COCCOc1ccc(CSSCl)cc1OC. The van der Waals surface area contributed by atoms with Crippen LogP contribution >= 0.6 is 31.5 Å². The third-order valence-electron chi connectivity index (χ3n) is 2.04. The summed E-state index contributed by atoms with van der Waals surface area (Å²) in [5, 5.41) is 0. The summed E-state index contributed by atoms with van der Waals surface area (Å²) < 4.78 is 15.7. The summed E-state index contributed by atoms with van der Waals surface area (Å²) in [5.74, 6) is 2.30. The van der Waals surface area contributed by atoms with Crippen LogP contribution < -0.4 is 9.47 Å². The molecule has 3 nitrogen and oxygen atoms in total. The van der Waals surface area contributed by atoms with E-state index in [1.54, 1.807) is 25.0 Å². The number of rotatable bonds is 8. The van der Waals surface area contributed by atoms with E-state index in [-0.39, 0.29) is 0 Å². The van der Waals surface area contributed by atoms with Gasteiger partial charge in [-0.3, -0.25) is 0 Å². The van der Waals surface area contributed by atoms with Gasteiger partial charge in [0.25, 0.3) is 0 Å². The highest BCUT2D eigenvalue weighted by molar-refractivity contribution is 8.84. The molecule has 0 spiro atoms. The van der Waals surface area contributed by atoms with E-state index < -0.39 is 0 Å². The Morgan fingerprint density at radius 1 is 1.18 bits per heavy atom. The lowest BCUT2D eigenvalue weighted by Crippen LogP contribution is -2.05. The highest BCUT2D eigenvalue weighted by Crippen LogP contribution is 2.33. The molecule has 0 bridgehead atoms. The average Bonchev–Trinajstić information content (AvgIpc) is 2.37. The van der Waals surface area contributed by atoms with E-state index in [0.29, 0.717) is 13.2 Å². The molecule has 0 aliphatic heterocycles. The van der Waals surface area contributed by atoms with Crippen molar-refractivity contribution >= 4 is 31.5 Å².